The van der Waals surface area contributed by atoms with E-state index in [4.69, 9.17) is 14.4 Å². The average molecular weight is 478 g/mol. The lowest BCUT2D eigenvalue weighted by Gasteiger charge is -2.16. The number of rotatable bonds is 10. The highest BCUT2D eigenvalue weighted by atomic mass is 16.5. The topological polar surface area (TPSA) is 131 Å². The molecular formula is C26H27N3O6. The van der Waals surface area contributed by atoms with Crippen LogP contribution in [0.15, 0.2) is 59.3 Å². The zero-order valence-corrected chi connectivity index (χ0v) is 19.3. The number of aromatic nitrogens is 1. The second kappa shape index (κ2) is 10.9. The quantitative estimate of drug-likeness (QED) is 0.401. The van der Waals surface area contributed by atoms with Crippen LogP contribution in [0.1, 0.15) is 59.3 Å². The van der Waals surface area contributed by atoms with Crippen molar-refractivity contribution < 1.29 is 28.8 Å². The molecule has 3 N–H and O–H groups in total. The molecule has 9 heteroatoms. The standard InChI is InChI=1S/C26H27N3O6/c1-2-7-16(12-24(30)31)28-25(32)22-15-35-29-23(22)13-27-26(33)34-14-21-19-10-5-3-8-17(19)18-9-4-6-11-20(18)21/h3-6,8-11,15-16,21H,2,7,12-14H2,1H3,(H,27,33)(H,28,32)(H,30,31)/t16-/m0/s1. The molecule has 1 atom stereocenters. The van der Waals surface area contributed by atoms with Gasteiger partial charge in [0.25, 0.3) is 5.91 Å². The summed E-state index contributed by atoms with van der Waals surface area (Å²) in [6.07, 6.45) is 1.59. The lowest BCUT2D eigenvalue weighted by molar-refractivity contribution is -0.137. The van der Waals surface area contributed by atoms with Gasteiger partial charge in [0.05, 0.1) is 13.0 Å². The van der Waals surface area contributed by atoms with E-state index < -0.39 is 24.0 Å². The first-order chi connectivity index (χ1) is 17.0. The largest absolute Gasteiger partial charge is 0.481 e. The predicted octanol–water partition coefficient (Wildman–Crippen LogP) is 4.09. The molecule has 1 aromatic heterocycles. The summed E-state index contributed by atoms with van der Waals surface area (Å²) in [5.74, 6) is -1.56. The number of fused-ring (bicyclic) bond motifs is 3. The summed E-state index contributed by atoms with van der Waals surface area (Å²) in [5.41, 5.74) is 4.86. The lowest BCUT2D eigenvalue weighted by atomic mass is 9.98. The molecular weight excluding hydrogens is 450 g/mol. The number of carboxylic acids is 1. The average Bonchev–Trinajstić information content (AvgIpc) is 3.44. The third-order valence-electron chi connectivity index (χ3n) is 6.03. The smallest absolute Gasteiger partial charge is 0.407 e. The third-order valence-corrected chi connectivity index (χ3v) is 6.03. The van der Waals surface area contributed by atoms with E-state index in [2.05, 4.69) is 27.9 Å². The number of aliphatic carboxylic acids is 1. The van der Waals surface area contributed by atoms with Gasteiger partial charge in [-0.3, -0.25) is 9.59 Å². The van der Waals surface area contributed by atoms with Crippen LogP contribution in [0.4, 0.5) is 4.79 Å². The Labute approximate surface area is 202 Å². The number of amides is 2. The zero-order valence-electron chi connectivity index (χ0n) is 19.3. The van der Waals surface area contributed by atoms with Gasteiger partial charge in [-0.15, -0.1) is 0 Å². The van der Waals surface area contributed by atoms with Gasteiger partial charge in [0.2, 0.25) is 0 Å². The van der Waals surface area contributed by atoms with Crippen LogP contribution in [-0.2, 0) is 16.1 Å². The zero-order chi connectivity index (χ0) is 24.8. The van der Waals surface area contributed by atoms with Gasteiger partial charge < -0.3 is 25.0 Å². The van der Waals surface area contributed by atoms with E-state index in [1.54, 1.807) is 0 Å². The monoisotopic (exact) mass is 477 g/mol. The molecule has 0 unspecified atom stereocenters. The lowest BCUT2D eigenvalue weighted by Crippen LogP contribution is -2.37. The molecule has 0 fully saturated rings. The van der Waals surface area contributed by atoms with E-state index in [1.165, 1.54) is 6.26 Å². The Morgan fingerprint density at radius 2 is 1.74 bits per heavy atom. The fourth-order valence-electron chi connectivity index (χ4n) is 4.42. The highest BCUT2D eigenvalue weighted by Gasteiger charge is 2.29. The molecule has 1 heterocycles. The predicted molar refractivity (Wildman–Crippen MR) is 127 cm³/mol. The highest BCUT2D eigenvalue weighted by molar-refractivity contribution is 5.95. The molecule has 0 spiro atoms. The van der Waals surface area contributed by atoms with Gasteiger partial charge in [-0.25, -0.2) is 4.79 Å². The van der Waals surface area contributed by atoms with Crippen molar-refractivity contribution in [3.63, 3.8) is 0 Å². The first kappa shape index (κ1) is 24.0. The van der Waals surface area contributed by atoms with Gasteiger partial charge in [0.1, 0.15) is 24.1 Å². The van der Waals surface area contributed by atoms with Gasteiger partial charge in [-0.2, -0.15) is 0 Å². The number of alkyl carbamates (subject to hydrolysis) is 1. The Morgan fingerprint density at radius 1 is 1.09 bits per heavy atom. The van der Waals surface area contributed by atoms with Crippen LogP contribution in [0.3, 0.4) is 0 Å². The fourth-order valence-corrected chi connectivity index (χ4v) is 4.42. The number of benzene rings is 2. The van der Waals surface area contributed by atoms with Gasteiger partial charge in [0.15, 0.2) is 0 Å². The van der Waals surface area contributed by atoms with E-state index in [-0.39, 0.29) is 36.7 Å². The van der Waals surface area contributed by atoms with E-state index in [1.807, 2.05) is 43.3 Å². The maximum atomic E-state index is 12.6. The number of nitrogens with one attached hydrogen (secondary N) is 2. The van der Waals surface area contributed by atoms with Gasteiger partial charge in [-0.05, 0) is 28.7 Å². The van der Waals surface area contributed by atoms with Gasteiger partial charge in [-0.1, -0.05) is 67.0 Å². The first-order valence-corrected chi connectivity index (χ1v) is 11.5. The van der Waals surface area contributed by atoms with Crippen LogP contribution >= 0.6 is 0 Å². The minimum Gasteiger partial charge on any atom is -0.481 e. The maximum absolute atomic E-state index is 12.6. The highest BCUT2D eigenvalue weighted by Crippen LogP contribution is 2.44. The normalized spacial score (nSPS) is 12.9. The summed E-state index contributed by atoms with van der Waals surface area (Å²) in [6.45, 7) is 2.00. The summed E-state index contributed by atoms with van der Waals surface area (Å²) in [6, 6.07) is 15.6. The molecule has 182 valence electrons. The number of carbonyl (C=O) groups is 3. The number of nitrogens with zero attached hydrogens (tertiary/aromatic N) is 1. The molecule has 3 aromatic rings. The van der Waals surface area contributed by atoms with Crippen LogP contribution in [0, 0.1) is 0 Å². The molecule has 0 radical (unpaired) electrons. The van der Waals surface area contributed by atoms with E-state index >= 15 is 0 Å². The number of carboxylic acid groups (broad SMARTS) is 1. The second-order valence-corrected chi connectivity index (χ2v) is 8.41. The van der Waals surface area contributed by atoms with Crippen molar-refractivity contribution >= 4 is 18.0 Å². The maximum Gasteiger partial charge on any atom is 0.407 e. The minimum absolute atomic E-state index is 0.0636. The Bertz CT molecular complexity index is 1180. The molecule has 9 nitrogen and oxygen atoms in total. The van der Waals surface area contributed by atoms with Crippen molar-refractivity contribution in [1.29, 1.82) is 0 Å². The number of ether oxygens (including phenoxy) is 1. The molecule has 35 heavy (non-hydrogen) atoms. The number of hydrogen-bond donors (Lipinski definition) is 3. The van der Waals surface area contributed by atoms with E-state index in [0.717, 1.165) is 28.7 Å². The Hall–Kier alpha value is -4.14. The molecule has 2 aromatic carbocycles. The van der Waals surface area contributed by atoms with Crippen molar-refractivity contribution in [1.82, 2.24) is 15.8 Å². The van der Waals surface area contributed by atoms with E-state index in [9.17, 15) is 14.4 Å². The fraction of sp³-hybridized carbons (Fsp3) is 0.308. The summed E-state index contributed by atoms with van der Waals surface area (Å²) in [4.78, 5) is 36.1. The van der Waals surface area contributed by atoms with Gasteiger partial charge in [0, 0.05) is 12.0 Å². The summed E-state index contributed by atoms with van der Waals surface area (Å²) >= 11 is 0. The van der Waals surface area contributed by atoms with Crippen LogP contribution in [0.2, 0.25) is 0 Å². The number of carbonyl (C=O) groups excluding carboxylic acids is 2. The number of hydrogen-bond acceptors (Lipinski definition) is 6. The first-order valence-electron chi connectivity index (χ1n) is 11.5. The Morgan fingerprint density at radius 3 is 2.37 bits per heavy atom. The Kier molecular flexibility index (Phi) is 7.45. The molecule has 0 aliphatic heterocycles. The summed E-state index contributed by atoms with van der Waals surface area (Å²) in [5, 5.41) is 18.1. The summed E-state index contributed by atoms with van der Waals surface area (Å²) < 4.78 is 10.4. The molecule has 1 aliphatic rings. The van der Waals surface area contributed by atoms with Crippen LogP contribution in [-0.4, -0.2) is 40.9 Å². The molecule has 0 saturated carbocycles. The van der Waals surface area contributed by atoms with Crippen LogP contribution < -0.4 is 10.6 Å². The SMILES string of the molecule is CCC[C@@H](CC(=O)O)NC(=O)c1conc1CNC(=O)OCC1c2ccccc2-c2ccccc21. The van der Waals surface area contributed by atoms with Crippen molar-refractivity contribution in [3.8, 4) is 11.1 Å². The van der Waals surface area contributed by atoms with Crippen molar-refractivity contribution in [3.05, 3.63) is 77.2 Å². The molecule has 0 saturated heterocycles. The molecule has 4 rings (SSSR count). The third kappa shape index (κ3) is 5.51. The van der Waals surface area contributed by atoms with Crippen LogP contribution in [0.5, 0.6) is 0 Å². The summed E-state index contributed by atoms with van der Waals surface area (Å²) in [7, 11) is 0. The Balaban J connectivity index is 1.34. The van der Waals surface area contributed by atoms with Crippen molar-refractivity contribution in [2.24, 2.45) is 0 Å². The molecule has 0 bridgehead atoms. The van der Waals surface area contributed by atoms with Crippen LogP contribution in [0.25, 0.3) is 11.1 Å². The molecule has 1 aliphatic carbocycles. The minimum atomic E-state index is -0.994. The second-order valence-electron chi connectivity index (χ2n) is 8.41. The van der Waals surface area contributed by atoms with Crippen molar-refractivity contribution in [2.75, 3.05) is 6.61 Å². The van der Waals surface area contributed by atoms with Crippen molar-refractivity contribution in [2.45, 2.75) is 44.7 Å². The van der Waals surface area contributed by atoms with E-state index in [0.29, 0.717) is 6.42 Å². The molecule has 2 amide bonds. The van der Waals surface area contributed by atoms with Gasteiger partial charge >= 0.3 is 12.1 Å².